The summed E-state index contributed by atoms with van der Waals surface area (Å²) in [4.78, 5) is 32.1. The second kappa shape index (κ2) is 9.97. The Hall–Kier alpha value is -3.20. The number of hydrogen-bond acceptors (Lipinski definition) is 5. The molecule has 0 radical (unpaired) electrons. The minimum absolute atomic E-state index is 0.140. The number of hydrogen-bond donors (Lipinski definition) is 2. The lowest BCUT2D eigenvalue weighted by atomic mass is 9.98. The highest BCUT2D eigenvalue weighted by molar-refractivity contribution is 7.90. The Morgan fingerprint density at radius 1 is 1.12 bits per heavy atom. The van der Waals surface area contributed by atoms with Crippen LogP contribution in [0.3, 0.4) is 0 Å². The van der Waals surface area contributed by atoms with Gasteiger partial charge in [-0.05, 0) is 49.9 Å². The van der Waals surface area contributed by atoms with Gasteiger partial charge in [-0.1, -0.05) is 50.1 Å². The van der Waals surface area contributed by atoms with Crippen LogP contribution in [-0.4, -0.2) is 50.6 Å². The number of amides is 2. The second-order valence-corrected chi connectivity index (χ2v) is 10.6. The van der Waals surface area contributed by atoms with Gasteiger partial charge >= 0.3 is 0 Å². The summed E-state index contributed by atoms with van der Waals surface area (Å²) in [5.74, 6) is -0.673. The molecule has 9 heteroatoms. The van der Waals surface area contributed by atoms with Gasteiger partial charge in [0.05, 0.1) is 11.4 Å². The third kappa shape index (κ3) is 5.30. The lowest BCUT2D eigenvalue weighted by Gasteiger charge is -2.25. The number of amidine groups is 1. The van der Waals surface area contributed by atoms with Crippen molar-refractivity contribution in [1.82, 2.24) is 9.62 Å². The fraction of sp³-hybridized carbons (Fsp3) is 0.400. The zero-order valence-corrected chi connectivity index (χ0v) is 21.3. The molecule has 1 aliphatic rings. The summed E-state index contributed by atoms with van der Waals surface area (Å²) in [6.45, 7) is 9.53. The third-order valence-electron chi connectivity index (χ3n) is 6.07. The fourth-order valence-corrected chi connectivity index (χ4v) is 5.33. The highest BCUT2D eigenvalue weighted by atomic mass is 32.2. The van der Waals surface area contributed by atoms with Crippen LogP contribution in [0.15, 0.2) is 46.3 Å². The summed E-state index contributed by atoms with van der Waals surface area (Å²) in [5.41, 5.74) is 4.20. The predicted octanol–water partition coefficient (Wildman–Crippen LogP) is 3.16. The first kappa shape index (κ1) is 25.4. The van der Waals surface area contributed by atoms with Gasteiger partial charge < -0.3 is 10.2 Å². The normalized spacial score (nSPS) is 16.9. The Balaban J connectivity index is 1.81. The monoisotopic (exact) mass is 484 g/mol. The average Bonchev–Trinajstić information content (AvgIpc) is 3.03. The zero-order chi connectivity index (χ0) is 25.2. The van der Waals surface area contributed by atoms with E-state index < -0.39 is 16.1 Å². The Morgan fingerprint density at radius 2 is 1.74 bits per heavy atom. The van der Waals surface area contributed by atoms with Crippen molar-refractivity contribution in [3.05, 3.63) is 58.7 Å². The standard InChI is InChI=1S/C25H32N4O4S/c1-7-16(3)23(27-24-19-10-8-9-11-20(19)34(32,33)28-24)25(31)29(6)14-21(30)26-22-17(4)12-15(2)13-18(22)5/h8-13,16,23H,7,14H2,1-6H3,(H,26,30)(H,27,28)/t16-,23-/m0/s1. The van der Waals surface area contributed by atoms with Crippen LogP contribution in [0.25, 0.3) is 0 Å². The maximum absolute atomic E-state index is 13.3. The van der Waals surface area contributed by atoms with Crippen molar-refractivity contribution in [2.24, 2.45) is 10.9 Å². The number of nitrogens with one attached hydrogen (secondary N) is 2. The maximum Gasteiger partial charge on any atom is 0.263 e. The van der Waals surface area contributed by atoms with Gasteiger partial charge in [0.1, 0.15) is 11.9 Å². The van der Waals surface area contributed by atoms with E-state index in [1.165, 1.54) is 11.0 Å². The van der Waals surface area contributed by atoms with E-state index in [9.17, 15) is 18.0 Å². The number of likely N-dealkylation sites (N-methyl/N-ethyl adjacent to an activating group) is 1. The molecule has 2 aromatic carbocycles. The zero-order valence-electron chi connectivity index (χ0n) is 20.5. The Kier molecular flexibility index (Phi) is 7.45. The molecular weight excluding hydrogens is 452 g/mol. The molecule has 2 N–H and O–H groups in total. The van der Waals surface area contributed by atoms with Crippen LogP contribution < -0.4 is 10.0 Å². The number of fused-ring (bicyclic) bond motifs is 1. The largest absolute Gasteiger partial charge is 0.335 e. The van der Waals surface area contributed by atoms with E-state index >= 15 is 0 Å². The molecule has 3 rings (SSSR count). The van der Waals surface area contributed by atoms with Gasteiger partial charge in [0, 0.05) is 18.3 Å². The molecule has 8 nitrogen and oxygen atoms in total. The number of aliphatic imine (C=N–C) groups is 1. The lowest BCUT2D eigenvalue weighted by Crippen LogP contribution is -2.43. The first-order valence-electron chi connectivity index (χ1n) is 11.3. The molecule has 34 heavy (non-hydrogen) atoms. The molecule has 0 bridgehead atoms. The molecule has 0 aliphatic carbocycles. The number of anilines is 1. The first-order chi connectivity index (χ1) is 15.9. The SMILES string of the molecule is CC[C@H](C)[C@H](N=C1NS(=O)(=O)c2ccccc21)C(=O)N(C)CC(=O)Nc1c(C)cc(C)cc1C. The van der Waals surface area contributed by atoms with Crippen molar-refractivity contribution in [1.29, 1.82) is 0 Å². The van der Waals surface area contributed by atoms with E-state index in [0.29, 0.717) is 12.0 Å². The number of sulfonamides is 1. The van der Waals surface area contributed by atoms with E-state index in [0.717, 1.165) is 22.4 Å². The van der Waals surface area contributed by atoms with Gasteiger partial charge in [0.2, 0.25) is 11.8 Å². The molecule has 1 aliphatic heterocycles. The lowest BCUT2D eigenvalue weighted by molar-refractivity contribution is -0.135. The Morgan fingerprint density at radius 3 is 2.35 bits per heavy atom. The van der Waals surface area contributed by atoms with Gasteiger partial charge in [0.25, 0.3) is 10.0 Å². The molecule has 0 unspecified atom stereocenters. The molecular formula is C25H32N4O4S. The van der Waals surface area contributed by atoms with Crippen molar-refractivity contribution in [3.8, 4) is 0 Å². The van der Waals surface area contributed by atoms with Crippen molar-refractivity contribution in [2.45, 2.75) is 52.0 Å². The topological polar surface area (TPSA) is 108 Å². The minimum Gasteiger partial charge on any atom is -0.335 e. The van der Waals surface area contributed by atoms with E-state index in [-0.39, 0.29) is 35.0 Å². The molecule has 2 atom stereocenters. The van der Waals surface area contributed by atoms with Crippen molar-refractivity contribution in [3.63, 3.8) is 0 Å². The predicted molar refractivity (Wildman–Crippen MR) is 133 cm³/mol. The molecule has 0 saturated carbocycles. The number of benzene rings is 2. The highest BCUT2D eigenvalue weighted by Crippen LogP contribution is 2.25. The van der Waals surface area contributed by atoms with E-state index in [4.69, 9.17) is 0 Å². The van der Waals surface area contributed by atoms with E-state index in [1.807, 2.05) is 46.8 Å². The number of nitrogens with zero attached hydrogens (tertiary/aromatic N) is 2. The summed E-state index contributed by atoms with van der Waals surface area (Å²) >= 11 is 0. The molecule has 0 spiro atoms. The summed E-state index contributed by atoms with van der Waals surface area (Å²) < 4.78 is 27.3. The first-order valence-corrected chi connectivity index (χ1v) is 12.8. The van der Waals surface area contributed by atoms with Gasteiger partial charge in [-0.15, -0.1) is 0 Å². The van der Waals surface area contributed by atoms with Crippen LogP contribution in [0.4, 0.5) is 5.69 Å². The van der Waals surface area contributed by atoms with Crippen LogP contribution >= 0.6 is 0 Å². The van der Waals surface area contributed by atoms with Crippen molar-refractivity contribution in [2.75, 3.05) is 18.9 Å². The molecule has 1 heterocycles. The molecule has 182 valence electrons. The van der Waals surface area contributed by atoms with Crippen LogP contribution in [-0.2, 0) is 19.6 Å². The van der Waals surface area contributed by atoms with Crippen LogP contribution in [0.1, 0.15) is 42.5 Å². The highest BCUT2D eigenvalue weighted by Gasteiger charge is 2.34. The molecule has 2 amide bonds. The fourth-order valence-electron chi connectivity index (χ4n) is 4.09. The average molecular weight is 485 g/mol. The molecule has 0 fully saturated rings. The van der Waals surface area contributed by atoms with Crippen LogP contribution in [0.5, 0.6) is 0 Å². The number of aryl methyl sites for hydroxylation is 3. The number of rotatable bonds is 7. The quantitative estimate of drug-likeness (QED) is 0.629. The minimum atomic E-state index is -3.71. The summed E-state index contributed by atoms with van der Waals surface area (Å²) in [5, 5.41) is 2.91. The van der Waals surface area contributed by atoms with E-state index in [2.05, 4.69) is 15.0 Å². The van der Waals surface area contributed by atoms with Crippen LogP contribution in [0, 0.1) is 26.7 Å². The number of carbonyl (C=O) groups excluding carboxylic acids is 2. The van der Waals surface area contributed by atoms with Gasteiger partial charge in [-0.25, -0.2) is 8.42 Å². The van der Waals surface area contributed by atoms with Crippen molar-refractivity contribution >= 4 is 33.4 Å². The van der Waals surface area contributed by atoms with E-state index in [1.54, 1.807) is 25.2 Å². The Labute approximate surface area is 201 Å². The van der Waals surface area contributed by atoms with Crippen LogP contribution in [0.2, 0.25) is 0 Å². The summed E-state index contributed by atoms with van der Waals surface area (Å²) in [6.07, 6.45) is 0.656. The van der Waals surface area contributed by atoms with Crippen molar-refractivity contribution < 1.29 is 18.0 Å². The second-order valence-electron chi connectivity index (χ2n) is 8.93. The molecule has 0 saturated heterocycles. The van der Waals surface area contributed by atoms with Gasteiger partial charge in [-0.2, -0.15) is 0 Å². The summed E-state index contributed by atoms with van der Waals surface area (Å²) in [6, 6.07) is 9.68. The molecule has 0 aromatic heterocycles. The Bertz CT molecular complexity index is 1230. The maximum atomic E-state index is 13.3. The third-order valence-corrected chi connectivity index (χ3v) is 7.46. The smallest absolute Gasteiger partial charge is 0.263 e. The summed E-state index contributed by atoms with van der Waals surface area (Å²) in [7, 11) is -2.16. The molecule has 2 aromatic rings. The number of carbonyl (C=O) groups is 2. The van der Waals surface area contributed by atoms with Gasteiger partial charge in [0.15, 0.2) is 0 Å². The van der Waals surface area contributed by atoms with Gasteiger partial charge in [-0.3, -0.25) is 19.3 Å².